The van der Waals surface area contributed by atoms with E-state index in [2.05, 4.69) is 37.8 Å². The second kappa shape index (κ2) is 4.05. The maximum absolute atomic E-state index is 3.80. The molecular formula is C12H23NS. The Labute approximate surface area is 92.4 Å². The molecule has 0 aromatic rings. The van der Waals surface area contributed by atoms with Gasteiger partial charge in [-0.25, -0.2) is 0 Å². The van der Waals surface area contributed by atoms with Crippen molar-refractivity contribution < 1.29 is 0 Å². The second-order valence-corrected chi connectivity index (χ2v) is 6.49. The van der Waals surface area contributed by atoms with E-state index in [-0.39, 0.29) is 0 Å². The molecule has 0 aromatic carbocycles. The van der Waals surface area contributed by atoms with Crippen molar-refractivity contribution >= 4 is 11.8 Å². The molecule has 1 nitrogen and oxygen atoms in total. The molecule has 4 atom stereocenters. The Hall–Kier alpha value is 0.310. The van der Waals surface area contributed by atoms with Gasteiger partial charge in [0.2, 0.25) is 0 Å². The van der Waals surface area contributed by atoms with Gasteiger partial charge in [-0.3, -0.25) is 0 Å². The van der Waals surface area contributed by atoms with E-state index in [1.165, 1.54) is 31.4 Å². The highest BCUT2D eigenvalue weighted by Gasteiger charge is 2.45. The quantitative estimate of drug-likeness (QED) is 0.773. The molecule has 0 aromatic heterocycles. The third-order valence-electron chi connectivity index (χ3n) is 4.16. The van der Waals surface area contributed by atoms with Crippen LogP contribution >= 0.6 is 11.8 Å². The number of thioether (sulfide) groups is 1. The third kappa shape index (κ3) is 1.83. The highest BCUT2D eigenvalue weighted by molar-refractivity contribution is 8.00. The number of hydrogen-bond acceptors (Lipinski definition) is 2. The number of hydrogen-bond donors (Lipinski definition) is 1. The lowest BCUT2D eigenvalue weighted by Gasteiger charge is -2.50. The lowest BCUT2D eigenvalue weighted by Crippen LogP contribution is -2.64. The van der Waals surface area contributed by atoms with Gasteiger partial charge in [-0.1, -0.05) is 13.8 Å². The van der Waals surface area contributed by atoms with Crippen molar-refractivity contribution in [1.29, 1.82) is 0 Å². The summed E-state index contributed by atoms with van der Waals surface area (Å²) in [7, 11) is 0. The Morgan fingerprint density at radius 2 is 2.14 bits per heavy atom. The van der Waals surface area contributed by atoms with Crippen molar-refractivity contribution in [2.45, 2.75) is 63.3 Å². The van der Waals surface area contributed by atoms with Crippen LogP contribution in [0.1, 0.15) is 46.5 Å². The average molecular weight is 213 g/mol. The van der Waals surface area contributed by atoms with Crippen LogP contribution in [0.4, 0.5) is 0 Å². The molecule has 2 aliphatic heterocycles. The summed E-state index contributed by atoms with van der Waals surface area (Å²) in [4.78, 5) is 0. The van der Waals surface area contributed by atoms with E-state index >= 15 is 0 Å². The van der Waals surface area contributed by atoms with Crippen LogP contribution in [0.15, 0.2) is 0 Å². The van der Waals surface area contributed by atoms with Crippen molar-refractivity contribution in [3.63, 3.8) is 0 Å². The Kier molecular flexibility index (Phi) is 3.13. The fourth-order valence-electron chi connectivity index (χ4n) is 2.96. The van der Waals surface area contributed by atoms with Crippen LogP contribution in [0.2, 0.25) is 0 Å². The van der Waals surface area contributed by atoms with Crippen molar-refractivity contribution in [3.05, 3.63) is 0 Å². The van der Waals surface area contributed by atoms with Gasteiger partial charge in [-0.2, -0.15) is 11.8 Å². The molecule has 82 valence electrons. The zero-order chi connectivity index (χ0) is 10.2. The second-order valence-electron chi connectivity index (χ2n) is 5.14. The first-order valence-corrected chi connectivity index (χ1v) is 7.12. The minimum Gasteiger partial charge on any atom is -0.308 e. The summed E-state index contributed by atoms with van der Waals surface area (Å²) in [6, 6.07) is 0.833. The molecule has 0 amide bonds. The molecule has 14 heavy (non-hydrogen) atoms. The predicted molar refractivity (Wildman–Crippen MR) is 64.9 cm³/mol. The maximum Gasteiger partial charge on any atom is 0.0168 e. The normalized spacial score (nSPS) is 47.8. The molecule has 2 rings (SSSR count). The van der Waals surface area contributed by atoms with Crippen LogP contribution in [0.25, 0.3) is 0 Å². The zero-order valence-corrected chi connectivity index (χ0v) is 10.5. The van der Waals surface area contributed by atoms with Gasteiger partial charge >= 0.3 is 0 Å². The van der Waals surface area contributed by atoms with Crippen LogP contribution in [-0.2, 0) is 0 Å². The molecule has 0 saturated carbocycles. The molecule has 0 spiro atoms. The average Bonchev–Trinajstić information content (AvgIpc) is 2.60. The Balaban J connectivity index is 1.86. The molecule has 2 saturated heterocycles. The van der Waals surface area contributed by atoms with Crippen molar-refractivity contribution in [2.24, 2.45) is 5.92 Å². The topological polar surface area (TPSA) is 12.0 Å². The van der Waals surface area contributed by atoms with E-state index in [1.807, 2.05) is 0 Å². The Morgan fingerprint density at radius 3 is 2.71 bits per heavy atom. The van der Waals surface area contributed by atoms with Gasteiger partial charge in [-0.15, -0.1) is 0 Å². The molecule has 0 bridgehead atoms. The van der Waals surface area contributed by atoms with Crippen molar-refractivity contribution in [3.8, 4) is 0 Å². The lowest BCUT2D eigenvalue weighted by molar-refractivity contribution is 0.102. The SMILES string of the molecule is CCC1SCCC1C1CC(C)(CC)N1. The molecule has 2 heterocycles. The first-order valence-electron chi connectivity index (χ1n) is 6.08. The standard InChI is InChI=1S/C12H23NS/c1-4-11-9(6-7-14-11)10-8-12(3,5-2)13-10/h9-11,13H,4-8H2,1-3H3. The molecule has 1 N–H and O–H groups in total. The maximum atomic E-state index is 3.80. The van der Waals surface area contributed by atoms with E-state index in [9.17, 15) is 0 Å². The summed E-state index contributed by atoms with van der Waals surface area (Å²) in [5.41, 5.74) is 0.468. The Morgan fingerprint density at radius 1 is 1.43 bits per heavy atom. The lowest BCUT2D eigenvalue weighted by atomic mass is 9.74. The fourth-order valence-corrected chi connectivity index (χ4v) is 4.48. The number of nitrogens with one attached hydrogen (secondary N) is 1. The molecule has 4 unspecified atom stereocenters. The first-order chi connectivity index (χ1) is 6.68. The smallest absolute Gasteiger partial charge is 0.0168 e. The van der Waals surface area contributed by atoms with Crippen LogP contribution in [0.5, 0.6) is 0 Å². The van der Waals surface area contributed by atoms with E-state index in [0.717, 1.165) is 17.2 Å². The van der Waals surface area contributed by atoms with Gasteiger partial charge in [-0.05, 0) is 44.3 Å². The van der Waals surface area contributed by atoms with Gasteiger partial charge in [0.15, 0.2) is 0 Å². The zero-order valence-electron chi connectivity index (χ0n) is 9.68. The highest BCUT2D eigenvalue weighted by atomic mass is 32.2. The molecule has 2 fully saturated rings. The van der Waals surface area contributed by atoms with Crippen LogP contribution in [0, 0.1) is 5.92 Å². The van der Waals surface area contributed by atoms with Crippen molar-refractivity contribution in [1.82, 2.24) is 5.32 Å². The largest absolute Gasteiger partial charge is 0.308 e. The summed E-state index contributed by atoms with van der Waals surface area (Å²) in [5, 5.41) is 4.74. The summed E-state index contributed by atoms with van der Waals surface area (Å²) < 4.78 is 0. The minimum absolute atomic E-state index is 0.468. The summed E-state index contributed by atoms with van der Waals surface area (Å²) >= 11 is 2.20. The van der Waals surface area contributed by atoms with Gasteiger partial charge < -0.3 is 5.32 Å². The van der Waals surface area contributed by atoms with Gasteiger partial charge in [0.1, 0.15) is 0 Å². The summed E-state index contributed by atoms with van der Waals surface area (Å²) in [5.74, 6) is 2.36. The predicted octanol–water partition coefficient (Wildman–Crippen LogP) is 3.05. The molecule has 2 aliphatic rings. The molecule has 0 radical (unpaired) electrons. The minimum atomic E-state index is 0.468. The van der Waals surface area contributed by atoms with Crippen LogP contribution in [0.3, 0.4) is 0 Å². The summed E-state index contributed by atoms with van der Waals surface area (Å²) in [6.07, 6.45) is 5.49. The van der Waals surface area contributed by atoms with E-state index in [0.29, 0.717) is 5.54 Å². The van der Waals surface area contributed by atoms with Gasteiger partial charge in [0.25, 0.3) is 0 Å². The molecular weight excluding hydrogens is 190 g/mol. The summed E-state index contributed by atoms with van der Waals surface area (Å²) in [6.45, 7) is 7.00. The highest BCUT2D eigenvalue weighted by Crippen LogP contribution is 2.42. The van der Waals surface area contributed by atoms with Crippen LogP contribution < -0.4 is 5.32 Å². The fraction of sp³-hybridized carbons (Fsp3) is 1.00. The van der Waals surface area contributed by atoms with Gasteiger partial charge in [0, 0.05) is 16.8 Å². The van der Waals surface area contributed by atoms with E-state index in [4.69, 9.17) is 0 Å². The number of rotatable bonds is 3. The Bertz CT molecular complexity index is 198. The molecule has 2 heteroatoms. The third-order valence-corrected chi connectivity index (χ3v) is 5.75. The van der Waals surface area contributed by atoms with E-state index in [1.54, 1.807) is 0 Å². The van der Waals surface area contributed by atoms with E-state index < -0.39 is 0 Å². The van der Waals surface area contributed by atoms with Crippen molar-refractivity contribution in [2.75, 3.05) is 5.75 Å². The molecule has 0 aliphatic carbocycles. The monoisotopic (exact) mass is 213 g/mol. The first kappa shape index (κ1) is 10.8. The van der Waals surface area contributed by atoms with Crippen LogP contribution in [-0.4, -0.2) is 22.6 Å². The van der Waals surface area contributed by atoms with Gasteiger partial charge in [0.05, 0.1) is 0 Å².